The van der Waals surface area contributed by atoms with Gasteiger partial charge in [0.1, 0.15) is 0 Å². The third-order valence-electron chi connectivity index (χ3n) is 8.69. The highest BCUT2D eigenvalue weighted by Gasteiger charge is 2.31. The molecule has 0 bridgehead atoms. The van der Waals surface area contributed by atoms with Gasteiger partial charge >= 0.3 is 6.09 Å². The molecule has 0 aliphatic heterocycles. The molecule has 10 heteroatoms. The van der Waals surface area contributed by atoms with Crippen molar-refractivity contribution in [3.63, 3.8) is 0 Å². The molecule has 2 amide bonds. The van der Waals surface area contributed by atoms with E-state index in [4.69, 9.17) is 14.5 Å². The summed E-state index contributed by atoms with van der Waals surface area (Å²) in [6.45, 7) is 9.10. The third-order valence-corrected chi connectivity index (χ3v) is 8.69. The van der Waals surface area contributed by atoms with E-state index in [1.165, 1.54) is 71.0 Å². The average molecular weight is 677 g/mol. The lowest BCUT2D eigenvalue weighted by molar-refractivity contribution is -0.117. The van der Waals surface area contributed by atoms with Crippen LogP contribution in [0.3, 0.4) is 0 Å². The summed E-state index contributed by atoms with van der Waals surface area (Å²) in [5.41, 5.74) is 3.82. The summed E-state index contributed by atoms with van der Waals surface area (Å²) in [6, 6.07) is 10.7. The fraction of sp³-hybridized carbons (Fsp3) is 0.538. The van der Waals surface area contributed by atoms with Crippen molar-refractivity contribution in [1.82, 2.24) is 5.32 Å². The Morgan fingerprint density at radius 2 is 1.61 bits per heavy atom. The number of aliphatic imine (C=N–C) groups is 1. The highest BCUT2D eigenvalue weighted by atomic mass is 16.5. The van der Waals surface area contributed by atoms with Crippen LogP contribution in [0.2, 0.25) is 0 Å². The standard InChI is InChI=1S/C39H56N4O6/c1-5-7-8-9-10-11-12-13-14-15-25-49-26-17-22-40-38(46)32-28-35(36-31(37(32)45)18-16-19-34(36)42-39(47)48-4)41-33-21-20-30(27-29(33)3)43(6-2)23-24-44/h16,18-21,27-28,44H,5-15,17,22-26H2,1-4H3,(H,40,46)(H,42,47). The first-order valence-corrected chi connectivity index (χ1v) is 18.0. The van der Waals surface area contributed by atoms with Gasteiger partial charge in [0, 0.05) is 49.7 Å². The summed E-state index contributed by atoms with van der Waals surface area (Å²) < 4.78 is 10.6. The summed E-state index contributed by atoms with van der Waals surface area (Å²) in [7, 11) is 1.26. The summed E-state index contributed by atoms with van der Waals surface area (Å²) in [5, 5.41) is 15.0. The van der Waals surface area contributed by atoms with Crippen LogP contribution in [0, 0.1) is 6.92 Å². The minimum absolute atomic E-state index is 0.0258. The quantitative estimate of drug-likeness (QED) is 0.0862. The zero-order chi connectivity index (χ0) is 35.4. The highest BCUT2D eigenvalue weighted by Crippen LogP contribution is 2.32. The predicted molar refractivity (Wildman–Crippen MR) is 198 cm³/mol. The third kappa shape index (κ3) is 12.4. The molecular formula is C39H56N4O6. The number of hydrogen-bond donors (Lipinski definition) is 3. The Morgan fingerprint density at radius 3 is 2.27 bits per heavy atom. The van der Waals surface area contributed by atoms with Crippen LogP contribution in [0.5, 0.6) is 0 Å². The Hall–Kier alpha value is -4.02. The van der Waals surface area contributed by atoms with Crippen molar-refractivity contribution >= 4 is 40.6 Å². The second-order valence-electron chi connectivity index (χ2n) is 12.4. The van der Waals surface area contributed by atoms with Crippen LogP contribution in [0.25, 0.3) is 0 Å². The SMILES string of the molecule is CCCCCCCCCCCCOCCCNC(=O)C1=CC(=Nc2ccc(N(CC)CCO)cc2C)c2c(NC(=O)OC)cccc2C1=O. The molecule has 0 spiro atoms. The van der Waals surface area contributed by atoms with Crippen molar-refractivity contribution in [3.05, 3.63) is 64.7 Å². The van der Waals surface area contributed by atoms with Crippen LogP contribution in [-0.4, -0.2) is 75.2 Å². The predicted octanol–water partition coefficient (Wildman–Crippen LogP) is 7.68. The summed E-state index contributed by atoms with van der Waals surface area (Å²) in [4.78, 5) is 46.1. The number of benzene rings is 2. The van der Waals surface area contributed by atoms with E-state index in [9.17, 15) is 19.5 Å². The van der Waals surface area contributed by atoms with Gasteiger partial charge in [0.25, 0.3) is 5.91 Å². The molecule has 0 radical (unpaired) electrons. The van der Waals surface area contributed by atoms with Crippen LogP contribution < -0.4 is 15.5 Å². The number of unbranched alkanes of at least 4 members (excludes halogenated alkanes) is 9. The van der Waals surface area contributed by atoms with Gasteiger partial charge in [-0.2, -0.15) is 0 Å². The molecule has 1 aliphatic rings. The number of nitrogens with one attached hydrogen (secondary N) is 2. The Balaban J connectivity index is 1.64. The normalized spacial score (nSPS) is 13.2. The van der Waals surface area contributed by atoms with Gasteiger partial charge in [-0.25, -0.2) is 9.79 Å². The summed E-state index contributed by atoms with van der Waals surface area (Å²) >= 11 is 0. The molecule has 0 heterocycles. The number of methoxy groups -OCH3 is 1. The number of aliphatic hydroxyl groups excluding tert-OH is 1. The monoisotopic (exact) mass is 676 g/mol. The molecule has 0 aromatic heterocycles. The maximum Gasteiger partial charge on any atom is 0.411 e. The second-order valence-corrected chi connectivity index (χ2v) is 12.4. The van der Waals surface area contributed by atoms with Gasteiger partial charge in [0.2, 0.25) is 0 Å². The van der Waals surface area contributed by atoms with Gasteiger partial charge in [-0.3, -0.25) is 14.9 Å². The smallest absolute Gasteiger partial charge is 0.411 e. The van der Waals surface area contributed by atoms with Crippen molar-refractivity contribution in [2.45, 2.75) is 91.4 Å². The van der Waals surface area contributed by atoms with Crippen molar-refractivity contribution in [2.75, 3.05) is 56.8 Å². The van der Waals surface area contributed by atoms with E-state index in [-0.39, 0.29) is 17.7 Å². The van der Waals surface area contributed by atoms with Gasteiger partial charge in [-0.1, -0.05) is 76.8 Å². The number of ether oxygens (including phenoxy) is 2. The first-order chi connectivity index (χ1) is 23.8. The molecule has 10 nitrogen and oxygen atoms in total. The average Bonchev–Trinajstić information content (AvgIpc) is 3.10. The molecule has 3 N–H and O–H groups in total. The minimum atomic E-state index is -0.688. The second kappa shape index (κ2) is 21.8. The number of rotatable bonds is 22. The van der Waals surface area contributed by atoms with E-state index in [1.807, 2.05) is 32.0 Å². The van der Waals surface area contributed by atoms with E-state index in [0.717, 1.165) is 24.2 Å². The van der Waals surface area contributed by atoms with Crippen LogP contribution in [-0.2, 0) is 14.3 Å². The topological polar surface area (TPSA) is 130 Å². The zero-order valence-electron chi connectivity index (χ0n) is 29.9. The number of carbonyl (C=O) groups excluding carboxylic acids is 3. The number of amides is 2. The largest absolute Gasteiger partial charge is 0.453 e. The number of anilines is 2. The molecule has 0 atom stereocenters. The van der Waals surface area contributed by atoms with E-state index in [2.05, 4.69) is 22.5 Å². The molecule has 0 saturated heterocycles. The van der Waals surface area contributed by atoms with Crippen LogP contribution >= 0.6 is 0 Å². The number of allylic oxidation sites excluding steroid dienone is 1. The molecule has 0 fully saturated rings. The molecule has 3 rings (SSSR count). The summed E-state index contributed by atoms with van der Waals surface area (Å²) in [5.74, 6) is -0.939. The Bertz CT molecular complexity index is 1440. The van der Waals surface area contributed by atoms with Gasteiger partial charge in [-0.15, -0.1) is 0 Å². The lowest BCUT2D eigenvalue weighted by Gasteiger charge is -2.23. The van der Waals surface area contributed by atoms with Gasteiger partial charge in [0.15, 0.2) is 5.78 Å². The number of hydrogen-bond acceptors (Lipinski definition) is 8. The number of fused-ring (bicyclic) bond motifs is 1. The number of nitrogens with zero attached hydrogens (tertiary/aromatic N) is 2. The molecule has 0 saturated carbocycles. The molecule has 2 aromatic carbocycles. The van der Waals surface area contributed by atoms with Gasteiger partial charge in [0.05, 0.1) is 36.4 Å². The summed E-state index contributed by atoms with van der Waals surface area (Å²) in [6.07, 6.45) is 14.2. The molecule has 0 unspecified atom stereocenters. The maximum absolute atomic E-state index is 13.6. The fourth-order valence-corrected chi connectivity index (χ4v) is 5.91. The lowest BCUT2D eigenvalue weighted by atomic mass is 9.87. The number of likely N-dealkylation sites (N-methyl/N-ethyl adjacent to an activating group) is 1. The van der Waals surface area contributed by atoms with Crippen LogP contribution in [0.4, 0.5) is 21.9 Å². The molecule has 268 valence electrons. The Kier molecular flexibility index (Phi) is 17.6. The van der Waals surface area contributed by atoms with E-state index in [1.54, 1.807) is 18.2 Å². The van der Waals surface area contributed by atoms with E-state index >= 15 is 0 Å². The zero-order valence-corrected chi connectivity index (χ0v) is 29.9. The molecule has 2 aromatic rings. The number of ketones is 1. The van der Waals surface area contributed by atoms with Crippen molar-refractivity contribution in [3.8, 4) is 0 Å². The van der Waals surface area contributed by atoms with Gasteiger partial charge < -0.3 is 24.8 Å². The van der Waals surface area contributed by atoms with Crippen molar-refractivity contribution < 1.29 is 29.0 Å². The Morgan fingerprint density at radius 1 is 0.918 bits per heavy atom. The molecule has 1 aliphatic carbocycles. The minimum Gasteiger partial charge on any atom is -0.453 e. The van der Waals surface area contributed by atoms with E-state index in [0.29, 0.717) is 55.4 Å². The number of Topliss-reactive ketones (excluding diaryl/α,β-unsaturated/α-hetero) is 1. The first-order valence-electron chi connectivity index (χ1n) is 18.0. The van der Waals surface area contributed by atoms with Gasteiger partial charge in [-0.05, 0) is 62.6 Å². The Labute approximate surface area is 292 Å². The van der Waals surface area contributed by atoms with E-state index < -0.39 is 17.8 Å². The van der Waals surface area contributed by atoms with Crippen LogP contribution in [0.15, 0.2) is 53.0 Å². The number of aliphatic hydroxyl groups is 1. The molecule has 49 heavy (non-hydrogen) atoms. The maximum atomic E-state index is 13.6. The fourth-order valence-electron chi connectivity index (χ4n) is 5.91. The molecular weight excluding hydrogens is 620 g/mol. The van der Waals surface area contributed by atoms with Crippen LogP contribution in [0.1, 0.15) is 106 Å². The van der Waals surface area contributed by atoms with Crippen molar-refractivity contribution in [1.29, 1.82) is 0 Å². The van der Waals surface area contributed by atoms with Crippen molar-refractivity contribution in [2.24, 2.45) is 4.99 Å². The number of aryl methyl sites for hydroxylation is 1. The first kappa shape index (κ1) is 39.4. The number of carbonyl (C=O) groups is 3. The highest BCUT2D eigenvalue weighted by molar-refractivity contribution is 6.37. The lowest BCUT2D eigenvalue weighted by Crippen LogP contribution is -2.33.